The van der Waals surface area contributed by atoms with Crippen molar-refractivity contribution < 1.29 is 4.42 Å². The number of hydrogen-bond donors (Lipinski definition) is 1. The Labute approximate surface area is 174 Å². The second kappa shape index (κ2) is 6.67. The van der Waals surface area contributed by atoms with Gasteiger partial charge in [-0.2, -0.15) is 0 Å². The zero-order valence-corrected chi connectivity index (χ0v) is 16.4. The molecular weight excluding hydrogens is 396 g/mol. The number of hydrogen-bond acceptors (Lipinski definition) is 6. The van der Waals surface area contributed by atoms with Gasteiger partial charge in [0, 0.05) is 28.1 Å². The molecule has 30 heavy (non-hydrogen) atoms. The summed E-state index contributed by atoms with van der Waals surface area (Å²) in [5.41, 5.74) is 3.56. The van der Waals surface area contributed by atoms with E-state index in [0.29, 0.717) is 22.1 Å². The molecule has 0 atom stereocenters. The van der Waals surface area contributed by atoms with Crippen molar-refractivity contribution in [2.45, 2.75) is 10.9 Å². The SMILES string of the molecule is O=c1cc(CSc2nnc3c(n2)[nH]c2ccccc23)c2c(ccc3ccccc32)o1. The van der Waals surface area contributed by atoms with Gasteiger partial charge in [-0.05, 0) is 28.5 Å². The minimum Gasteiger partial charge on any atom is -0.423 e. The molecule has 6 rings (SSSR count). The summed E-state index contributed by atoms with van der Waals surface area (Å²) in [7, 11) is 0. The van der Waals surface area contributed by atoms with E-state index >= 15 is 0 Å². The lowest BCUT2D eigenvalue weighted by Gasteiger charge is -2.08. The molecule has 144 valence electrons. The van der Waals surface area contributed by atoms with Crippen molar-refractivity contribution in [3.05, 3.63) is 82.7 Å². The maximum atomic E-state index is 12.1. The van der Waals surface area contributed by atoms with Gasteiger partial charge in [0.2, 0.25) is 5.16 Å². The van der Waals surface area contributed by atoms with Gasteiger partial charge in [0.1, 0.15) is 11.1 Å². The zero-order chi connectivity index (χ0) is 20.1. The van der Waals surface area contributed by atoms with E-state index in [4.69, 9.17) is 4.42 Å². The second-order valence-electron chi connectivity index (χ2n) is 7.00. The van der Waals surface area contributed by atoms with Crippen LogP contribution < -0.4 is 5.63 Å². The third kappa shape index (κ3) is 2.74. The maximum absolute atomic E-state index is 12.1. The van der Waals surface area contributed by atoms with Crippen molar-refractivity contribution in [1.29, 1.82) is 0 Å². The Kier molecular flexibility index (Phi) is 3.82. The summed E-state index contributed by atoms with van der Waals surface area (Å²) >= 11 is 1.45. The van der Waals surface area contributed by atoms with Crippen LogP contribution in [-0.2, 0) is 5.75 Å². The van der Waals surface area contributed by atoms with E-state index in [2.05, 4.69) is 20.2 Å². The molecule has 0 aliphatic carbocycles. The fourth-order valence-electron chi connectivity index (χ4n) is 3.84. The predicted molar refractivity (Wildman–Crippen MR) is 119 cm³/mol. The van der Waals surface area contributed by atoms with Gasteiger partial charge in [0.25, 0.3) is 0 Å². The average Bonchev–Trinajstić information content (AvgIpc) is 3.15. The van der Waals surface area contributed by atoms with Crippen LogP contribution >= 0.6 is 11.8 Å². The van der Waals surface area contributed by atoms with Gasteiger partial charge in [-0.1, -0.05) is 60.3 Å². The molecule has 3 aromatic heterocycles. The number of nitrogens with zero attached hydrogens (tertiary/aromatic N) is 3. The number of benzene rings is 3. The Balaban J connectivity index is 1.43. The molecule has 6 nitrogen and oxygen atoms in total. The van der Waals surface area contributed by atoms with Crippen molar-refractivity contribution in [1.82, 2.24) is 20.2 Å². The molecular formula is C23H14N4O2S. The number of H-pyrrole nitrogens is 1. The van der Waals surface area contributed by atoms with E-state index in [1.165, 1.54) is 11.8 Å². The van der Waals surface area contributed by atoms with Gasteiger partial charge in [0.05, 0.1) is 0 Å². The molecule has 1 N–H and O–H groups in total. The quantitative estimate of drug-likeness (QED) is 0.249. The van der Waals surface area contributed by atoms with Crippen molar-refractivity contribution in [2.24, 2.45) is 0 Å². The molecule has 0 aliphatic rings. The zero-order valence-electron chi connectivity index (χ0n) is 15.6. The minimum absolute atomic E-state index is 0.363. The number of thioether (sulfide) groups is 1. The average molecular weight is 410 g/mol. The standard InChI is InChI=1S/C23H14N4O2S/c28-19-11-14(20-15-6-2-1-5-13(15)9-10-18(20)29-19)12-30-23-25-22-21(26-27-23)16-7-3-4-8-17(16)24-22/h1-11H,12H2,(H,24,25,27). The lowest BCUT2D eigenvalue weighted by Crippen LogP contribution is -2.01. The van der Waals surface area contributed by atoms with E-state index in [1.54, 1.807) is 6.07 Å². The predicted octanol–water partition coefficient (Wildman–Crippen LogP) is 5.06. The molecule has 0 fully saturated rings. The summed E-state index contributed by atoms with van der Waals surface area (Å²) in [6, 6.07) is 21.4. The second-order valence-corrected chi connectivity index (χ2v) is 7.94. The van der Waals surface area contributed by atoms with Crippen LogP contribution in [0.5, 0.6) is 0 Å². The number of fused-ring (bicyclic) bond motifs is 6. The van der Waals surface area contributed by atoms with Gasteiger partial charge in [-0.25, -0.2) is 9.78 Å². The van der Waals surface area contributed by atoms with E-state index in [-0.39, 0.29) is 5.63 Å². The molecule has 0 saturated carbocycles. The molecule has 7 heteroatoms. The fourth-order valence-corrected chi connectivity index (χ4v) is 4.61. The monoisotopic (exact) mass is 410 g/mol. The highest BCUT2D eigenvalue weighted by atomic mass is 32.2. The first-order valence-corrected chi connectivity index (χ1v) is 10.4. The molecule has 6 aromatic rings. The van der Waals surface area contributed by atoms with Crippen LogP contribution in [0.25, 0.3) is 43.8 Å². The third-order valence-electron chi connectivity index (χ3n) is 5.17. The van der Waals surface area contributed by atoms with Crippen molar-refractivity contribution in [3.8, 4) is 0 Å². The Morgan fingerprint density at radius 1 is 0.933 bits per heavy atom. The molecule has 0 spiro atoms. The molecule has 0 saturated heterocycles. The first-order chi connectivity index (χ1) is 14.8. The lowest BCUT2D eigenvalue weighted by molar-refractivity contribution is 0.560. The molecule has 0 unspecified atom stereocenters. The molecule has 0 aliphatic heterocycles. The highest BCUT2D eigenvalue weighted by Crippen LogP contribution is 2.31. The van der Waals surface area contributed by atoms with Gasteiger partial charge >= 0.3 is 5.63 Å². The molecule has 0 bridgehead atoms. The molecule has 3 aromatic carbocycles. The van der Waals surface area contributed by atoms with Crippen molar-refractivity contribution in [2.75, 3.05) is 0 Å². The van der Waals surface area contributed by atoms with Gasteiger partial charge in [-0.15, -0.1) is 10.2 Å². The maximum Gasteiger partial charge on any atom is 0.336 e. The Hall–Kier alpha value is -3.71. The Morgan fingerprint density at radius 2 is 1.77 bits per heavy atom. The lowest BCUT2D eigenvalue weighted by atomic mass is 10.0. The van der Waals surface area contributed by atoms with E-state index < -0.39 is 0 Å². The normalized spacial score (nSPS) is 11.7. The fraction of sp³-hybridized carbons (Fsp3) is 0.0435. The number of aromatic nitrogens is 4. The van der Waals surface area contributed by atoms with Crippen LogP contribution in [0.2, 0.25) is 0 Å². The number of nitrogens with one attached hydrogen (secondary N) is 1. The summed E-state index contributed by atoms with van der Waals surface area (Å²) in [4.78, 5) is 20.0. The van der Waals surface area contributed by atoms with E-state index in [0.717, 1.165) is 38.1 Å². The van der Waals surface area contributed by atoms with Crippen LogP contribution in [0.15, 0.2) is 81.1 Å². The van der Waals surface area contributed by atoms with Crippen molar-refractivity contribution in [3.63, 3.8) is 0 Å². The van der Waals surface area contributed by atoms with Crippen LogP contribution in [0.3, 0.4) is 0 Å². The van der Waals surface area contributed by atoms with Crippen LogP contribution in [0.1, 0.15) is 5.56 Å². The van der Waals surface area contributed by atoms with Crippen molar-refractivity contribution >= 4 is 55.6 Å². The van der Waals surface area contributed by atoms with Gasteiger partial charge in [0.15, 0.2) is 5.65 Å². The van der Waals surface area contributed by atoms with E-state index in [9.17, 15) is 4.79 Å². The number of aromatic amines is 1. The third-order valence-corrected chi connectivity index (χ3v) is 6.06. The van der Waals surface area contributed by atoms with E-state index in [1.807, 2.05) is 60.7 Å². The Bertz CT molecular complexity index is 1640. The largest absolute Gasteiger partial charge is 0.423 e. The minimum atomic E-state index is -0.363. The topological polar surface area (TPSA) is 84.7 Å². The first kappa shape index (κ1) is 17.2. The summed E-state index contributed by atoms with van der Waals surface area (Å²) in [5, 5.41) is 13.3. The summed E-state index contributed by atoms with van der Waals surface area (Å²) in [5.74, 6) is 0.531. The van der Waals surface area contributed by atoms with Gasteiger partial charge in [-0.3, -0.25) is 0 Å². The van der Waals surface area contributed by atoms with Crippen LogP contribution in [-0.4, -0.2) is 20.2 Å². The summed E-state index contributed by atoms with van der Waals surface area (Å²) < 4.78 is 5.44. The number of para-hydroxylation sites is 1. The van der Waals surface area contributed by atoms with Crippen LogP contribution in [0, 0.1) is 0 Å². The number of rotatable bonds is 3. The molecule has 3 heterocycles. The highest BCUT2D eigenvalue weighted by Gasteiger charge is 2.13. The summed E-state index contributed by atoms with van der Waals surface area (Å²) in [6.07, 6.45) is 0. The first-order valence-electron chi connectivity index (χ1n) is 9.45. The van der Waals surface area contributed by atoms with Gasteiger partial charge < -0.3 is 9.40 Å². The molecule has 0 amide bonds. The van der Waals surface area contributed by atoms with Crippen LogP contribution in [0.4, 0.5) is 0 Å². The highest BCUT2D eigenvalue weighted by molar-refractivity contribution is 7.98. The summed E-state index contributed by atoms with van der Waals surface area (Å²) in [6.45, 7) is 0. The Morgan fingerprint density at radius 3 is 2.70 bits per heavy atom. The smallest absolute Gasteiger partial charge is 0.336 e. The molecule has 0 radical (unpaired) electrons.